The predicted molar refractivity (Wildman–Crippen MR) is 100 cm³/mol. The smallest absolute Gasteiger partial charge is 0.274 e. The number of rotatable bonds is 6. The van der Waals surface area contributed by atoms with Crippen LogP contribution in [0.5, 0.6) is 5.75 Å². The minimum atomic E-state index is -0.321. The Morgan fingerprint density at radius 1 is 1.24 bits per heavy atom. The number of carbonyl (C=O) groups excluding carboxylic acids is 1. The molecule has 0 bridgehead atoms. The second-order valence-electron chi connectivity index (χ2n) is 6.24. The molecule has 1 amide bonds. The van der Waals surface area contributed by atoms with Gasteiger partial charge in [0, 0.05) is 17.3 Å². The quantitative estimate of drug-likeness (QED) is 0.485. The summed E-state index contributed by atoms with van der Waals surface area (Å²) >= 11 is 0. The number of H-pyrrole nitrogens is 1. The van der Waals surface area contributed by atoms with Gasteiger partial charge in [-0.25, -0.2) is 4.98 Å². The molecule has 0 fully saturated rings. The molecular weight excluding hydrogens is 378 g/mol. The number of aromatic amines is 1. The first-order valence-corrected chi connectivity index (χ1v) is 8.71. The SMILES string of the molecule is COc1ccc(-c2noc(CNC(=O)Cc3nc4nc(C)cc(=O)n4[nH]3)n2)cc1. The standard InChI is InChI=1S/C18H17N7O4/c1-10-7-16(27)25-18(20-10)21-13(23-25)8-14(26)19-9-15-22-17(24-29-15)11-3-5-12(28-2)6-4-11/h3-7H,8-9H2,1-2H3,(H,19,26)(H,20,21,23). The van der Waals surface area contributed by atoms with Gasteiger partial charge in [-0.1, -0.05) is 5.16 Å². The van der Waals surface area contributed by atoms with E-state index in [0.29, 0.717) is 17.3 Å². The number of aryl methyl sites for hydroxylation is 1. The van der Waals surface area contributed by atoms with Crippen molar-refractivity contribution >= 4 is 11.7 Å². The largest absolute Gasteiger partial charge is 0.497 e. The highest BCUT2D eigenvalue weighted by molar-refractivity contribution is 5.77. The Morgan fingerprint density at radius 3 is 2.79 bits per heavy atom. The molecule has 3 heterocycles. The molecule has 4 aromatic rings. The van der Waals surface area contributed by atoms with Gasteiger partial charge in [0.2, 0.25) is 17.6 Å². The Hall–Kier alpha value is -4.02. The van der Waals surface area contributed by atoms with Crippen LogP contribution in [0.4, 0.5) is 0 Å². The van der Waals surface area contributed by atoms with E-state index >= 15 is 0 Å². The van der Waals surface area contributed by atoms with Gasteiger partial charge in [-0.2, -0.15) is 14.5 Å². The van der Waals surface area contributed by atoms with E-state index < -0.39 is 0 Å². The molecule has 0 aliphatic rings. The number of methoxy groups -OCH3 is 1. The van der Waals surface area contributed by atoms with Gasteiger partial charge in [-0.05, 0) is 31.2 Å². The van der Waals surface area contributed by atoms with Gasteiger partial charge in [0.15, 0.2) is 0 Å². The van der Waals surface area contributed by atoms with E-state index in [1.165, 1.54) is 10.6 Å². The Balaban J connectivity index is 1.38. The van der Waals surface area contributed by atoms with Gasteiger partial charge in [-0.3, -0.25) is 14.7 Å². The van der Waals surface area contributed by atoms with E-state index in [0.717, 1.165) is 11.3 Å². The summed E-state index contributed by atoms with van der Waals surface area (Å²) < 4.78 is 11.5. The van der Waals surface area contributed by atoms with Crippen molar-refractivity contribution in [2.75, 3.05) is 7.11 Å². The van der Waals surface area contributed by atoms with Crippen molar-refractivity contribution in [1.29, 1.82) is 0 Å². The third-order valence-corrected chi connectivity index (χ3v) is 4.09. The molecule has 0 saturated carbocycles. The molecule has 29 heavy (non-hydrogen) atoms. The lowest BCUT2D eigenvalue weighted by Crippen LogP contribution is -2.25. The summed E-state index contributed by atoms with van der Waals surface area (Å²) in [7, 11) is 1.59. The maximum atomic E-state index is 12.2. The number of carbonyl (C=O) groups is 1. The van der Waals surface area contributed by atoms with Crippen LogP contribution in [0.3, 0.4) is 0 Å². The van der Waals surface area contributed by atoms with Crippen molar-refractivity contribution in [3.05, 3.63) is 58.1 Å². The van der Waals surface area contributed by atoms with Gasteiger partial charge in [-0.15, -0.1) is 0 Å². The number of nitrogens with one attached hydrogen (secondary N) is 2. The lowest BCUT2D eigenvalue weighted by atomic mass is 10.2. The maximum Gasteiger partial charge on any atom is 0.274 e. The molecular formula is C18H17N7O4. The number of hydrogen-bond acceptors (Lipinski definition) is 8. The van der Waals surface area contributed by atoms with E-state index in [2.05, 4.69) is 30.5 Å². The fourth-order valence-corrected chi connectivity index (χ4v) is 2.69. The molecule has 148 valence electrons. The van der Waals surface area contributed by atoms with E-state index in [1.54, 1.807) is 26.2 Å². The van der Waals surface area contributed by atoms with Gasteiger partial charge in [0.25, 0.3) is 11.3 Å². The highest BCUT2D eigenvalue weighted by atomic mass is 16.5. The second-order valence-corrected chi connectivity index (χ2v) is 6.24. The minimum Gasteiger partial charge on any atom is -0.497 e. The van der Waals surface area contributed by atoms with Crippen molar-refractivity contribution in [3.63, 3.8) is 0 Å². The van der Waals surface area contributed by atoms with Crippen molar-refractivity contribution in [2.45, 2.75) is 19.9 Å². The van der Waals surface area contributed by atoms with Crippen LogP contribution in [0.15, 0.2) is 39.6 Å². The molecule has 0 aliphatic carbocycles. The third-order valence-electron chi connectivity index (χ3n) is 4.09. The molecule has 0 saturated heterocycles. The zero-order valence-corrected chi connectivity index (χ0v) is 15.7. The number of aromatic nitrogens is 6. The molecule has 2 N–H and O–H groups in total. The van der Waals surface area contributed by atoms with Gasteiger partial charge in [0.05, 0.1) is 20.1 Å². The van der Waals surface area contributed by atoms with E-state index in [-0.39, 0.29) is 36.1 Å². The molecule has 11 heteroatoms. The Kier molecular flexibility index (Phi) is 4.77. The monoisotopic (exact) mass is 395 g/mol. The van der Waals surface area contributed by atoms with Crippen molar-refractivity contribution in [2.24, 2.45) is 0 Å². The summed E-state index contributed by atoms with van der Waals surface area (Å²) in [5.74, 6) is 1.62. The number of hydrogen-bond donors (Lipinski definition) is 2. The molecule has 0 aliphatic heterocycles. The molecule has 3 aromatic heterocycles. The minimum absolute atomic E-state index is 0.0542. The number of ether oxygens (including phenoxy) is 1. The first-order chi connectivity index (χ1) is 14.0. The molecule has 0 atom stereocenters. The van der Waals surface area contributed by atoms with Crippen molar-refractivity contribution in [1.82, 2.24) is 35.0 Å². The zero-order chi connectivity index (χ0) is 20.4. The van der Waals surface area contributed by atoms with E-state index in [1.807, 2.05) is 12.1 Å². The molecule has 11 nitrogen and oxygen atoms in total. The van der Waals surface area contributed by atoms with Crippen LogP contribution < -0.4 is 15.6 Å². The number of benzene rings is 1. The summed E-state index contributed by atoms with van der Waals surface area (Å²) in [4.78, 5) is 36.6. The third kappa shape index (κ3) is 3.98. The van der Waals surface area contributed by atoms with E-state index in [9.17, 15) is 9.59 Å². The average Bonchev–Trinajstić information content (AvgIpc) is 3.33. The van der Waals surface area contributed by atoms with Crippen LogP contribution in [0.1, 0.15) is 17.4 Å². The van der Waals surface area contributed by atoms with Crippen molar-refractivity contribution in [3.8, 4) is 17.1 Å². The topological polar surface area (TPSA) is 140 Å². The fraction of sp³-hybridized carbons (Fsp3) is 0.222. The van der Waals surface area contributed by atoms with Gasteiger partial charge in [0.1, 0.15) is 11.6 Å². The highest BCUT2D eigenvalue weighted by Crippen LogP contribution is 2.19. The van der Waals surface area contributed by atoms with Gasteiger partial charge >= 0.3 is 0 Å². The number of nitrogens with zero attached hydrogens (tertiary/aromatic N) is 5. The Labute approximate surface area is 163 Å². The second kappa shape index (κ2) is 7.54. The molecule has 0 spiro atoms. The molecule has 0 unspecified atom stereocenters. The lowest BCUT2D eigenvalue weighted by molar-refractivity contribution is -0.120. The normalized spacial score (nSPS) is 11.0. The van der Waals surface area contributed by atoms with Gasteiger partial charge < -0.3 is 14.6 Å². The zero-order valence-electron chi connectivity index (χ0n) is 15.7. The van der Waals surface area contributed by atoms with Crippen LogP contribution in [-0.4, -0.2) is 42.7 Å². The molecule has 0 radical (unpaired) electrons. The van der Waals surface area contributed by atoms with E-state index in [4.69, 9.17) is 9.26 Å². The number of fused-ring (bicyclic) bond motifs is 1. The highest BCUT2D eigenvalue weighted by Gasteiger charge is 2.13. The first-order valence-electron chi connectivity index (χ1n) is 8.71. The number of amides is 1. The van der Waals surface area contributed by atoms with Crippen molar-refractivity contribution < 1.29 is 14.1 Å². The Morgan fingerprint density at radius 2 is 2.03 bits per heavy atom. The predicted octanol–water partition coefficient (Wildman–Crippen LogP) is 0.644. The van der Waals surface area contributed by atoms with Crippen LogP contribution in [0.2, 0.25) is 0 Å². The lowest BCUT2D eigenvalue weighted by Gasteiger charge is -2.00. The summed E-state index contributed by atoms with van der Waals surface area (Å²) in [6.45, 7) is 1.77. The van der Waals surface area contributed by atoms with Crippen LogP contribution in [-0.2, 0) is 17.8 Å². The first kappa shape index (κ1) is 18.3. The summed E-state index contributed by atoms with van der Waals surface area (Å²) in [5.41, 5.74) is 1.03. The Bertz CT molecular complexity index is 1220. The summed E-state index contributed by atoms with van der Waals surface area (Å²) in [6.07, 6.45) is -0.0542. The maximum absolute atomic E-state index is 12.2. The molecule has 4 rings (SSSR count). The molecule has 1 aromatic carbocycles. The van der Waals surface area contributed by atoms with Crippen LogP contribution in [0.25, 0.3) is 17.2 Å². The summed E-state index contributed by atoms with van der Waals surface area (Å²) in [5, 5.41) is 9.35. The average molecular weight is 395 g/mol. The van der Waals surface area contributed by atoms with Crippen LogP contribution in [0, 0.1) is 6.92 Å². The summed E-state index contributed by atoms with van der Waals surface area (Å²) in [6, 6.07) is 8.59. The van der Waals surface area contributed by atoms with Crippen LogP contribution >= 0.6 is 0 Å². The fourth-order valence-electron chi connectivity index (χ4n) is 2.69.